The molecule has 116 valence electrons. The van der Waals surface area contributed by atoms with Crippen LogP contribution in [-0.4, -0.2) is 18.0 Å². The molecule has 1 saturated heterocycles. The Morgan fingerprint density at radius 2 is 2.19 bits per heavy atom. The average Bonchev–Trinajstić information content (AvgIpc) is 2.72. The van der Waals surface area contributed by atoms with Gasteiger partial charge in [0.2, 0.25) is 0 Å². The lowest BCUT2D eigenvalue weighted by Crippen LogP contribution is -2.24. The van der Waals surface area contributed by atoms with Gasteiger partial charge < -0.3 is 4.90 Å². The van der Waals surface area contributed by atoms with Crippen LogP contribution in [0.15, 0.2) is 18.2 Å². The van der Waals surface area contributed by atoms with Gasteiger partial charge in [0.1, 0.15) is 0 Å². The molecule has 0 radical (unpaired) electrons. The van der Waals surface area contributed by atoms with Gasteiger partial charge in [-0.15, -0.1) is 0 Å². The van der Waals surface area contributed by atoms with E-state index >= 15 is 0 Å². The maximum Gasteiger partial charge on any atom is 0.273 e. The van der Waals surface area contributed by atoms with E-state index in [9.17, 15) is 10.1 Å². The van der Waals surface area contributed by atoms with E-state index in [-0.39, 0.29) is 10.6 Å². The molecule has 0 aromatic heterocycles. The molecule has 0 aliphatic carbocycles. The van der Waals surface area contributed by atoms with E-state index in [4.69, 9.17) is 0 Å². The summed E-state index contributed by atoms with van der Waals surface area (Å²) in [5, 5.41) is 11.5. The van der Waals surface area contributed by atoms with Gasteiger partial charge in [-0.2, -0.15) is 0 Å². The Morgan fingerprint density at radius 3 is 2.86 bits per heavy atom. The van der Waals surface area contributed by atoms with Gasteiger partial charge in [-0.05, 0) is 37.3 Å². The minimum absolute atomic E-state index is 0.203. The predicted octanol–water partition coefficient (Wildman–Crippen LogP) is 4.90. The second-order valence-electron chi connectivity index (χ2n) is 5.78. The summed E-state index contributed by atoms with van der Waals surface area (Å²) in [5.41, 5.74) is 2.08. The van der Waals surface area contributed by atoms with Crippen LogP contribution >= 0.6 is 15.9 Å². The minimum Gasteiger partial charge on any atom is -0.372 e. The second-order valence-corrected chi connectivity index (χ2v) is 6.34. The molecule has 1 unspecified atom stereocenters. The molecular formula is C16H23BrN2O2. The van der Waals surface area contributed by atoms with Crippen molar-refractivity contribution >= 4 is 27.3 Å². The molecule has 1 aliphatic heterocycles. The van der Waals surface area contributed by atoms with E-state index in [1.54, 1.807) is 6.07 Å². The first kappa shape index (κ1) is 16.3. The Balaban J connectivity index is 2.12. The molecule has 0 bridgehead atoms. The molecule has 1 aromatic carbocycles. The Morgan fingerprint density at radius 1 is 1.38 bits per heavy atom. The van der Waals surface area contributed by atoms with Crippen molar-refractivity contribution in [1.29, 1.82) is 0 Å². The molecule has 1 aromatic rings. The number of nitrogens with zero attached hydrogens (tertiary/aromatic N) is 2. The van der Waals surface area contributed by atoms with E-state index in [1.807, 2.05) is 12.1 Å². The fourth-order valence-corrected chi connectivity index (χ4v) is 3.62. The lowest BCUT2D eigenvalue weighted by atomic mass is 9.96. The van der Waals surface area contributed by atoms with Crippen molar-refractivity contribution in [2.24, 2.45) is 5.92 Å². The average molecular weight is 355 g/mol. The number of rotatable bonds is 5. The molecule has 0 N–H and O–H groups in total. The molecule has 1 atom stereocenters. The minimum atomic E-state index is -0.305. The predicted molar refractivity (Wildman–Crippen MR) is 90.2 cm³/mol. The maximum absolute atomic E-state index is 11.0. The largest absolute Gasteiger partial charge is 0.372 e. The molecular weight excluding hydrogens is 332 g/mol. The molecule has 5 heteroatoms. The molecule has 0 amide bonds. The summed E-state index contributed by atoms with van der Waals surface area (Å²) in [7, 11) is 0. The van der Waals surface area contributed by atoms with Gasteiger partial charge in [-0.3, -0.25) is 10.1 Å². The van der Waals surface area contributed by atoms with Gasteiger partial charge in [0, 0.05) is 35.7 Å². The first-order valence-electron chi connectivity index (χ1n) is 7.74. The first-order valence-corrected chi connectivity index (χ1v) is 8.86. The second kappa shape index (κ2) is 7.78. The number of halogens is 1. The molecule has 4 nitrogen and oxygen atoms in total. The van der Waals surface area contributed by atoms with E-state index < -0.39 is 0 Å². The van der Waals surface area contributed by atoms with E-state index in [2.05, 4.69) is 27.8 Å². The van der Waals surface area contributed by atoms with Crippen molar-refractivity contribution in [1.82, 2.24) is 0 Å². The number of nitro groups is 1. The number of alkyl halides is 1. The van der Waals surface area contributed by atoms with Crippen LogP contribution in [0.2, 0.25) is 0 Å². The van der Waals surface area contributed by atoms with Crippen LogP contribution in [0.4, 0.5) is 11.4 Å². The van der Waals surface area contributed by atoms with Crippen LogP contribution in [0, 0.1) is 16.0 Å². The quantitative estimate of drug-likeness (QED) is 0.429. The SMILES string of the molecule is CCCC1CCCN(c2ccc([N+](=O)[O-])c(CBr)c2)CC1. The van der Waals surface area contributed by atoms with E-state index in [1.165, 1.54) is 32.1 Å². The summed E-state index contributed by atoms with van der Waals surface area (Å²) >= 11 is 3.36. The zero-order valence-corrected chi connectivity index (χ0v) is 14.1. The van der Waals surface area contributed by atoms with Crippen molar-refractivity contribution in [3.8, 4) is 0 Å². The van der Waals surface area contributed by atoms with Crippen molar-refractivity contribution in [3.63, 3.8) is 0 Å². The molecule has 0 saturated carbocycles. The third kappa shape index (κ3) is 4.19. The number of benzene rings is 1. The summed E-state index contributed by atoms with van der Waals surface area (Å²) in [6, 6.07) is 5.50. The lowest BCUT2D eigenvalue weighted by Gasteiger charge is -2.23. The van der Waals surface area contributed by atoms with Crippen LogP contribution in [0.3, 0.4) is 0 Å². The van der Waals surface area contributed by atoms with Crippen LogP contribution in [0.5, 0.6) is 0 Å². The Hall–Kier alpha value is -1.10. The van der Waals surface area contributed by atoms with Crippen molar-refractivity contribution in [3.05, 3.63) is 33.9 Å². The Kier molecular flexibility index (Phi) is 6.03. The maximum atomic E-state index is 11.0. The van der Waals surface area contributed by atoms with Crippen molar-refractivity contribution < 1.29 is 4.92 Å². The molecule has 1 aliphatic rings. The van der Waals surface area contributed by atoms with Gasteiger partial charge >= 0.3 is 0 Å². The van der Waals surface area contributed by atoms with Gasteiger partial charge in [0.05, 0.1) is 4.92 Å². The summed E-state index contributed by atoms with van der Waals surface area (Å²) in [5.74, 6) is 0.841. The summed E-state index contributed by atoms with van der Waals surface area (Å²) in [4.78, 5) is 13.1. The van der Waals surface area contributed by atoms with Crippen LogP contribution in [0.25, 0.3) is 0 Å². The highest BCUT2D eigenvalue weighted by Gasteiger charge is 2.19. The van der Waals surface area contributed by atoms with Crippen molar-refractivity contribution in [2.75, 3.05) is 18.0 Å². The molecule has 0 spiro atoms. The highest BCUT2D eigenvalue weighted by atomic mass is 79.9. The summed E-state index contributed by atoms with van der Waals surface area (Å²) < 4.78 is 0. The highest BCUT2D eigenvalue weighted by Crippen LogP contribution is 2.30. The third-order valence-corrected chi connectivity index (χ3v) is 4.92. The van der Waals surface area contributed by atoms with Crippen LogP contribution in [0.1, 0.15) is 44.6 Å². The number of hydrogen-bond acceptors (Lipinski definition) is 3. The topological polar surface area (TPSA) is 46.4 Å². The Labute approximate surface area is 134 Å². The molecule has 1 fully saturated rings. The van der Waals surface area contributed by atoms with E-state index in [0.29, 0.717) is 5.33 Å². The third-order valence-electron chi connectivity index (χ3n) is 4.31. The highest BCUT2D eigenvalue weighted by molar-refractivity contribution is 9.08. The normalized spacial score (nSPS) is 19.3. The summed E-state index contributed by atoms with van der Waals surface area (Å²) in [6.07, 6.45) is 6.33. The lowest BCUT2D eigenvalue weighted by molar-refractivity contribution is -0.385. The fraction of sp³-hybridized carbons (Fsp3) is 0.625. The smallest absolute Gasteiger partial charge is 0.273 e. The van der Waals surface area contributed by atoms with Crippen LogP contribution in [-0.2, 0) is 5.33 Å². The monoisotopic (exact) mass is 354 g/mol. The Bertz CT molecular complexity index is 493. The molecule has 1 heterocycles. The van der Waals surface area contributed by atoms with Gasteiger partial charge in [0.15, 0.2) is 0 Å². The number of anilines is 1. The zero-order chi connectivity index (χ0) is 15.2. The van der Waals surface area contributed by atoms with E-state index in [0.717, 1.165) is 30.3 Å². The first-order chi connectivity index (χ1) is 10.2. The fourth-order valence-electron chi connectivity index (χ4n) is 3.17. The van der Waals surface area contributed by atoms with Gasteiger partial charge in [0.25, 0.3) is 5.69 Å². The van der Waals surface area contributed by atoms with Gasteiger partial charge in [-0.25, -0.2) is 0 Å². The molecule has 21 heavy (non-hydrogen) atoms. The number of nitro benzene ring substituents is 1. The number of hydrogen-bond donors (Lipinski definition) is 0. The van der Waals surface area contributed by atoms with Crippen LogP contribution < -0.4 is 4.90 Å². The summed E-state index contributed by atoms with van der Waals surface area (Å²) in [6.45, 7) is 4.37. The molecule has 2 rings (SSSR count). The van der Waals surface area contributed by atoms with Gasteiger partial charge in [-0.1, -0.05) is 35.7 Å². The zero-order valence-electron chi connectivity index (χ0n) is 12.6. The van der Waals surface area contributed by atoms with Crippen molar-refractivity contribution in [2.45, 2.75) is 44.4 Å². The standard InChI is InChI=1S/C16H23BrN2O2/c1-2-4-13-5-3-9-18(10-8-13)15-6-7-16(19(20)21)14(11-15)12-17/h6-7,11,13H,2-5,8-10,12H2,1H3.